The second-order valence-electron chi connectivity index (χ2n) is 5.46. The van der Waals surface area contributed by atoms with Crippen molar-refractivity contribution in [3.8, 4) is 0 Å². The van der Waals surface area contributed by atoms with Gasteiger partial charge >= 0.3 is 0 Å². The van der Waals surface area contributed by atoms with E-state index >= 15 is 0 Å². The zero-order chi connectivity index (χ0) is 15.9. The number of aryl methyl sites for hydroxylation is 1. The van der Waals surface area contributed by atoms with Gasteiger partial charge in [-0.05, 0) is 42.2 Å². The SMILES string of the molecule is OCCCc1ccccc1P(c1ccccc1)c1ccccc1. The molecule has 116 valence electrons. The highest BCUT2D eigenvalue weighted by Gasteiger charge is 2.18. The molecule has 0 bridgehead atoms. The third kappa shape index (κ3) is 3.88. The maximum atomic E-state index is 9.20. The summed E-state index contributed by atoms with van der Waals surface area (Å²) < 4.78 is 0. The number of benzene rings is 3. The van der Waals surface area contributed by atoms with E-state index in [-0.39, 0.29) is 6.61 Å². The number of hydrogen-bond donors (Lipinski definition) is 1. The summed E-state index contributed by atoms with van der Waals surface area (Å²) in [5.74, 6) is 0. The molecule has 3 aromatic rings. The first kappa shape index (κ1) is 15.9. The first-order valence-electron chi connectivity index (χ1n) is 7.99. The van der Waals surface area contributed by atoms with Crippen molar-refractivity contribution in [2.45, 2.75) is 12.8 Å². The number of aliphatic hydroxyl groups is 1. The van der Waals surface area contributed by atoms with Gasteiger partial charge in [-0.3, -0.25) is 0 Å². The summed E-state index contributed by atoms with van der Waals surface area (Å²) in [6.07, 6.45) is 1.73. The molecule has 0 radical (unpaired) electrons. The van der Waals surface area contributed by atoms with Crippen molar-refractivity contribution in [3.05, 3.63) is 90.5 Å². The van der Waals surface area contributed by atoms with Crippen molar-refractivity contribution in [2.24, 2.45) is 0 Å². The van der Waals surface area contributed by atoms with Crippen molar-refractivity contribution in [2.75, 3.05) is 6.61 Å². The molecule has 0 spiro atoms. The third-order valence-corrected chi connectivity index (χ3v) is 6.41. The molecule has 0 aliphatic carbocycles. The molecule has 23 heavy (non-hydrogen) atoms. The summed E-state index contributed by atoms with van der Waals surface area (Å²) in [5.41, 5.74) is 1.35. The van der Waals surface area contributed by atoms with Crippen LogP contribution < -0.4 is 15.9 Å². The van der Waals surface area contributed by atoms with Crippen LogP contribution in [0.3, 0.4) is 0 Å². The minimum Gasteiger partial charge on any atom is -0.396 e. The Bertz CT molecular complexity index is 686. The number of hydrogen-bond acceptors (Lipinski definition) is 1. The lowest BCUT2D eigenvalue weighted by Crippen LogP contribution is -2.23. The minimum atomic E-state index is -0.565. The highest BCUT2D eigenvalue weighted by molar-refractivity contribution is 7.79. The summed E-state index contributed by atoms with van der Waals surface area (Å²) >= 11 is 0. The molecule has 0 aliphatic rings. The average Bonchev–Trinajstić information content (AvgIpc) is 2.63. The normalized spacial score (nSPS) is 10.9. The molecular weight excluding hydrogens is 299 g/mol. The predicted octanol–water partition coefficient (Wildman–Crippen LogP) is 3.37. The molecule has 0 aromatic heterocycles. The monoisotopic (exact) mass is 320 g/mol. The van der Waals surface area contributed by atoms with E-state index in [9.17, 15) is 5.11 Å². The lowest BCUT2D eigenvalue weighted by molar-refractivity contribution is 0.288. The van der Waals surface area contributed by atoms with Gasteiger partial charge in [-0.25, -0.2) is 0 Å². The van der Waals surface area contributed by atoms with Crippen LogP contribution in [0.1, 0.15) is 12.0 Å². The van der Waals surface area contributed by atoms with Crippen LogP contribution >= 0.6 is 7.92 Å². The van der Waals surface area contributed by atoms with Gasteiger partial charge in [0.15, 0.2) is 0 Å². The Morgan fingerprint density at radius 2 is 1.17 bits per heavy atom. The summed E-state index contributed by atoms with van der Waals surface area (Å²) in [6, 6.07) is 30.2. The molecular formula is C21H21OP. The molecule has 0 heterocycles. The Balaban J connectivity index is 2.10. The molecule has 3 rings (SSSR count). The van der Waals surface area contributed by atoms with Gasteiger partial charge in [0.05, 0.1) is 0 Å². The molecule has 0 amide bonds. The van der Waals surface area contributed by atoms with Gasteiger partial charge in [0.1, 0.15) is 0 Å². The number of aliphatic hydroxyl groups excluding tert-OH is 1. The standard InChI is InChI=1S/C21H21OP/c22-17-9-11-18-10-7-8-16-21(18)23(19-12-3-1-4-13-19)20-14-5-2-6-15-20/h1-8,10,12-16,22H,9,11,17H2. The van der Waals surface area contributed by atoms with E-state index in [0.29, 0.717) is 0 Å². The lowest BCUT2D eigenvalue weighted by Gasteiger charge is -2.22. The van der Waals surface area contributed by atoms with Gasteiger partial charge in [0.2, 0.25) is 0 Å². The summed E-state index contributed by atoms with van der Waals surface area (Å²) in [6.45, 7) is 0.239. The molecule has 0 aliphatic heterocycles. The first-order valence-corrected chi connectivity index (χ1v) is 9.33. The highest BCUT2D eigenvalue weighted by atomic mass is 31.1. The molecule has 0 saturated carbocycles. The van der Waals surface area contributed by atoms with Crippen LogP contribution in [0.2, 0.25) is 0 Å². The van der Waals surface area contributed by atoms with Gasteiger partial charge in [0, 0.05) is 6.61 Å². The van der Waals surface area contributed by atoms with Crippen molar-refractivity contribution < 1.29 is 5.11 Å². The van der Waals surface area contributed by atoms with Crippen LogP contribution in [0.15, 0.2) is 84.9 Å². The molecule has 1 nitrogen and oxygen atoms in total. The number of rotatable bonds is 6. The molecule has 3 aromatic carbocycles. The predicted molar refractivity (Wildman–Crippen MR) is 101 cm³/mol. The molecule has 0 saturated heterocycles. The minimum absolute atomic E-state index is 0.239. The molecule has 0 fully saturated rings. The van der Waals surface area contributed by atoms with E-state index in [2.05, 4.69) is 84.9 Å². The maximum Gasteiger partial charge on any atom is 0.0434 e. The molecule has 2 heteroatoms. The van der Waals surface area contributed by atoms with Crippen molar-refractivity contribution >= 4 is 23.8 Å². The fourth-order valence-corrected chi connectivity index (χ4v) is 5.29. The fraction of sp³-hybridized carbons (Fsp3) is 0.143. The van der Waals surface area contributed by atoms with Gasteiger partial charge in [-0.2, -0.15) is 0 Å². The highest BCUT2D eigenvalue weighted by Crippen LogP contribution is 2.34. The second kappa shape index (κ2) is 8.06. The van der Waals surface area contributed by atoms with Crippen molar-refractivity contribution in [1.82, 2.24) is 0 Å². The van der Waals surface area contributed by atoms with E-state index in [4.69, 9.17) is 0 Å². The van der Waals surface area contributed by atoms with E-state index in [1.165, 1.54) is 21.5 Å². The largest absolute Gasteiger partial charge is 0.396 e. The summed E-state index contributed by atoms with van der Waals surface area (Å²) in [5, 5.41) is 13.3. The van der Waals surface area contributed by atoms with Crippen LogP contribution in [0.5, 0.6) is 0 Å². The summed E-state index contributed by atoms with van der Waals surface area (Å²) in [7, 11) is -0.565. The Morgan fingerprint density at radius 3 is 1.74 bits per heavy atom. The van der Waals surface area contributed by atoms with E-state index in [1.54, 1.807) is 0 Å². The molecule has 0 unspecified atom stereocenters. The second-order valence-corrected chi connectivity index (χ2v) is 7.65. The van der Waals surface area contributed by atoms with Crippen LogP contribution in [0.4, 0.5) is 0 Å². The van der Waals surface area contributed by atoms with Crippen LogP contribution in [-0.2, 0) is 6.42 Å². The third-order valence-electron chi connectivity index (χ3n) is 3.87. The Kier molecular flexibility index (Phi) is 5.58. The van der Waals surface area contributed by atoms with Gasteiger partial charge in [-0.15, -0.1) is 0 Å². The Morgan fingerprint density at radius 1 is 0.652 bits per heavy atom. The zero-order valence-electron chi connectivity index (χ0n) is 13.1. The van der Waals surface area contributed by atoms with E-state index in [0.717, 1.165) is 12.8 Å². The Hall–Kier alpha value is -1.95. The molecule has 0 atom stereocenters. The average molecular weight is 320 g/mol. The lowest BCUT2D eigenvalue weighted by atomic mass is 10.1. The van der Waals surface area contributed by atoms with Gasteiger partial charge in [0.25, 0.3) is 0 Å². The topological polar surface area (TPSA) is 20.2 Å². The van der Waals surface area contributed by atoms with E-state index < -0.39 is 7.92 Å². The van der Waals surface area contributed by atoms with Crippen LogP contribution in [0.25, 0.3) is 0 Å². The summed E-state index contributed by atoms with van der Waals surface area (Å²) in [4.78, 5) is 0. The maximum absolute atomic E-state index is 9.20. The first-order chi connectivity index (χ1) is 11.4. The van der Waals surface area contributed by atoms with Crippen LogP contribution in [-0.4, -0.2) is 11.7 Å². The van der Waals surface area contributed by atoms with Crippen molar-refractivity contribution in [1.29, 1.82) is 0 Å². The Labute approximate surface area is 139 Å². The quantitative estimate of drug-likeness (QED) is 0.691. The van der Waals surface area contributed by atoms with E-state index in [1.807, 2.05) is 0 Å². The van der Waals surface area contributed by atoms with Crippen LogP contribution in [0, 0.1) is 0 Å². The smallest absolute Gasteiger partial charge is 0.0434 e. The van der Waals surface area contributed by atoms with Gasteiger partial charge in [-0.1, -0.05) is 84.9 Å². The molecule has 1 N–H and O–H groups in total. The zero-order valence-corrected chi connectivity index (χ0v) is 14.0. The fourth-order valence-electron chi connectivity index (χ4n) is 2.79. The van der Waals surface area contributed by atoms with Gasteiger partial charge < -0.3 is 5.11 Å². The van der Waals surface area contributed by atoms with Crippen molar-refractivity contribution in [3.63, 3.8) is 0 Å².